The lowest BCUT2D eigenvalue weighted by molar-refractivity contribution is -0.136. The monoisotopic (exact) mass is 321 g/mol. The lowest BCUT2D eigenvalue weighted by Gasteiger charge is -2.16. The van der Waals surface area contributed by atoms with Crippen molar-refractivity contribution in [1.82, 2.24) is 4.90 Å². The quantitative estimate of drug-likeness (QED) is 0.862. The zero-order chi connectivity index (χ0) is 17.1. The molecule has 2 aromatic rings. The van der Waals surface area contributed by atoms with Crippen molar-refractivity contribution >= 4 is 23.0 Å². The van der Waals surface area contributed by atoms with Crippen LogP contribution in [-0.2, 0) is 9.59 Å². The molecule has 0 aliphatic carbocycles. The third kappa shape index (κ3) is 3.01. The van der Waals surface area contributed by atoms with Crippen LogP contribution >= 0.6 is 0 Å². The average molecular weight is 321 g/mol. The van der Waals surface area contributed by atoms with E-state index in [0.29, 0.717) is 17.6 Å². The van der Waals surface area contributed by atoms with Gasteiger partial charge in [0.2, 0.25) is 0 Å². The summed E-state index contributed by atoms with van der Waals surface area (Å²) in [6.45, 7) is 1.86. The number of aliphatic hydroxyl groups is 1. The zero-order valence-corrected chi connectivity index (χ0v) is 13.5. The topological polar surface area (TPSA) is 57.6 Å². The number of amides is 2. The molecule has 1 N–H and O–H groups in total. The number of hydrogen-bond donors (Lipinski definition) is 1. The number of carbonyl (C=O) groups is 2. The van der Waals surface area contributed by atoms with Crippen LogP contribution in [0.15, 0.2) is 60.7 Å². The van der Waals surface area contributed by atoms with Crippen LogP contribution in [-0.4, -0.2) is 34.5 Å². The summed E-state index contributed by atoms with van der Waals surface area (Å²) in [5.41, 5.74) is 2.32. The Morgan fingerprint density at radius 3 is 1.62 bits per heavy atom. The van der Waals surface area contributed by atoms with Crippen molar-refractivity contribution in [2.45, 2.75) is 19.4 Å². The lowest BCUT2D eigenvalue weighted by Crippen LogP contribution is -2.33. The second kappa shape index (κ2) is 6.81. The molecular formula is C20H19NO3. The van der Waals surface area contributed by atoms with Gasteiger partial charge in [-0.2, -0.15) is 0 Å². The molecule has 0 aromatic heterocycles. The van der Waals surface area contributed by atoms with Crippen molar-refractivity contribution in [3.05, 3.63) is 71.8 Å². The Bertz CT molecular complexity index is 718. The fraction of sp³-hybridized carbons (Fsp3) is 0.200. The number of benzene rings is 2. The maximum Gasteiger partial charge on any atom is 0.262 e. The van der Waals surface area contributed by atoms with E-state index >= 15 is 0 Å². The number of aliphatic hydroxyl groups excluding tert-OH is 1. The molecule has 0 saturated heterocycles. The van der Waals surface area contributed by atoms with E-state index in [1.165, 1.54) is 4.90 Å². The van der Waals surface area contributed by atoms with Crippen molar-refractivity contribution in [1.29, 1.82) is 0 Å². The zero-order valence-electron chi connectivity index (χ0n) is 13.5. The van der Waals surface area contributed by atoms with Crippen LogP contribution in [0, 0.1) is 0 Å². The van der Waals surface area contributed by atoms with E-state index in [4.69, 9.17) is 0 Å². The number of rotatable bonds is 5. The summed E-state index contributed by atoms with van der Waals surface area (Å²) in [5.74, 6) is -0.601. The second-order valence-corrected chi connectivity index (χ2v) is 5.88. The van der Waals surface area contributed by atoms with Crippen LogP contribution in [0.4, 0.5) is 0 Å². The molecule has 1 atom stereocenters. The van der Waals surface area contributed by atoms with Gasteiger partial charge in [-0.05, 0) is 24.5 Å². The third-order valence-electron chi connectivity index (χ3n) is 4.06. The summed E-state index contributed by atoms with van der Waals surface area (Å²) >= 11 is 0. The highest BCUT2D eigenvalue weighted by molar-refractivity contribution is 6.48. The van der Waals surface area contributed by atoms with Gasteiger partial charge in [0.25, 0.3) is 11.8 Å². The molecule has 0 radical (unpaired) electrons. The van der Waals surface area contributed by atoms with Gasteiger partial charge in [-0.3, -0.25) is 14.5 Å². The van der Waals surface area contributed by atoms with E-state index in [-0.39, 0.29) is 18.4 Å². The lowest BCUT2D eigenvalue weighted by atomic mass is 9.96. The molecule has 0 spiro atoms. The van der Waals surface area contributed by atoms with Crippen molar-refractivity contribution in [2.24, 2.45) is 0 Å². The van der Waals surface area contributed by atoms with Crippen LogP contribution in [0.1, 0.15) is 24.5 Å². The molecule has 3 rings (SSSR count). The molecular weight excluding hydrogens is 302 g/mol. The van der Waals surface area contributed by atoms with E-state index in [1.54, 1.807) is 6.92 Å². The van der Waals surface area contributed by atoms with Gasteiger partial charge in [-0.15, -0.1) is 0 Å². The molecule has 122 valence electrons. The molecule has 24 heavy (non-hydrogen) atoms. The minimum atomic E-state index is -0.563. The summed E-state index contributed by atoms with van der Waals surface area (Å²) in [5, 5.41) is 9.49. The molecule has 2 aromatic carbocycles. The summed E-state index contributed by atoms with van der Waals surface area (Å²) in [6, 6.07) is 18.5. The Labute approximate surface area is 141 Å². The van der Waals surface area contributed by atoms with Crippen LogP contribution in [0.5, 0.6) is 0 Å². The molecule has 1 heterocycles. The second-order valence-electron chi connectivity index (χ2n) is 5.88. The first-order chi connectivity index (χ1) is 11.6. The van der Waals surface area contributed by atoms with Crippen LogP contribution in [0.2, 0.25) is 0 Å². The van der Waals surface area contributed by atoms with Gasteiger partial charge in [0.05, 0.1) is 17.3 Å². The van der Waals surface area contributed by atoms with E-state index in [1.807, 2.05) is 60.7 Å². The predicted octanol–water partition coefficient (Wildman–Crippen LogP) is 2.74. The molecule has 2 amide bonds. The van der Waals surface area contributed by atoms with Crippen molar-refractivity contribution in [3.63, 3.8) is 0 Å². The summed E-state index contributed by atoms with van der Waals surface area (Å²) in [4.78, 5) is 27.0. The van der Waals surface area contributed by atoms with Gasteiger partial charge in [0, 0.05) is 6.54 Å². The largest absolute Gasteiger partial charge is 0.393 e. The number of carbonyl (C=O) groups excluding carboxylic acids is 2. The Kier molecular flexibility index (Phi) is 4.58. The molecule has 4 nitrogen and oxygen atoms in total. The molecule has 1 unspecified atom stereocenters. The molecule has 1 aliphatic heterocycles. The fourth-order valence-electron chi connectivity index (χ4n) is 2.84. The minimum absolute atomic E-state index is 0.210. The maximum atomic E-state index is 12.9. The predicted molar refractivity (Wildman–Crippen MR) is 92.7 cm³/mol. The fourth-order valence-corrected chi connectivity index (χ4v) is 2.84. The molecule has 4 heteroatoms. The Balaban J connectivity index is 2.08. The molecule has 1 aliphatic rings. The first-order valence-corrected chi connectivity index (χ1v) is 7.99. The van der Waals surface area contributed by atoms with E-state index in [2.05, 4.69) is 0 Å². The van der Waals surface area contributed by atoms with Gasteiger partial charge in [-0.25, -0.2) is 0 Å². The first-order valence-electron chi connectivity index (χ1n) is 7.99. The Hall–Kier alpha value is -2.72. The van der Waals surface area contributed by atoms with E-state index in [9.17, 15) is 14.7 Å². The Morgan fingerprint density at radius 1 is 0.833 bits per heavy atom. The highest BCUT2D eigenvalue weighted by atomic mass is 16.3. The normalized spacial score (nSPS) is 16.0. The standard InChI is InChI=1S/C20H19NO3/c1-14(22)12-13-21-19(23)17(15-8-4-2-5-9-15)18(20(21)24)16-10-6-3-7-11-16/h2-11,14,22H,12-13H2,1H3. The number of hydrogen-bond acceptors (Lipinski definition) is 3. The average Bonchev–Trinajstić information content (AvgIpc) is 2.85. The van der Waals surface area contributed by atoms with Crippen LogP contribution in [0.25, 0.3) is 11.1 Å². The first kappa shape index (κ1) is 16.1. The van der Waals surface area contributed by atoms with Gasteiger partial charge in [0.15, 0.2) is 0 Å². The van der Waals surface area contributed by atoms with Crippen molar-refractivity contribution in [3.8, 4) is 0 Å². The summed E-state index contributed by atoms with van der Waals surface area (Å²) in [7, 11) is 0. The van der Waals surface area contributed by atoms with Crippen LogP contribution < -0.4 is 0 Å². The van der Waals surface area contributed by atoms with Crippen molar-refractivity contribution in [2.75, 3.05) is 6.54 Å². The number of nitrogens with zero attached hydrogens (tertiary/aromatic N) is 1. The van der Waals surface area contributed by atoms with Gasteiger partial charge >= 0.3 is 0 Å². The van der Waals surface area contributed by atoms with Crippen LogP contribution in [0.3, 0.4) is 0 Å². The Morgan fingerprint density at radius 2 is 1.25 bits per heavy atom. The van der Waals surface area contributed by atoms with Crippen molar-refractivity contribution < 1.29 is 14.7 Å². The van der Waals surface area contributed by atoms with Gasteiger partial charge in [0.1, 0.15) is 0 Å². The van der Waals surface area contributed by atoms with E-state index in [0.717, 1.165) is 11.1 Å². The van der Waals surface area contributed by atoms with E-state index < -0.39 is 6.10 Å². The summed E-state index contributed by atoms with van der Waals surface area (Å²) in [6.07, 6.45) is -0.201. The summed E-state index contributed by atoms with van der Waals surface area (Å²) < 4.78 is 0. The third-order valence-corrected chi connectivity index (χ3v) is 4.06. The van der Waals surface area contributed by atoms with Gasteiger partial charge < -0.3 is 5.11 Å². The molecule has 0 saturated carbocycles. The number of imide groups is 1. The maximum absolute atomic E-state index is 12.9. The smallest absolute Gasteiger partial charge is 0.262 e. The SMILES string of the molecule is CC(O)CCN1C(=O)C(c2ccccc2)=C(c2ccccc2)C1=O. The highest BCUT2D eigenvalue weighted by Gasteiger charge is 2.39. The van der Waals surface area contributed by atoms with Gasteiger partial charge in [-0.1, -0.05) is 60.7 Å². The highest BCUT2D eigenvalue weighted by Crippen LogP contribution is 2.35. The minimum Gasteiger partial charge on any atom is -0.393 e. The molecule has 0 bridgehead atoms. The molecule has 0 fully saturated rings.